The van der Waals surface area contributed by atoms with Crippen LogP contribution in [-0.4, -0.2) is 4.57 Å². The molecule has 3 heteroatoms. The first kappa shape index (κ1) is 10.7. The Hall–Kier alpha value is -1.77. The molecule has 0 saturated heterocycles. The van der Waals surface area contributed by atoms with Gasteiger partial charge < -0.3 is 10.3 Å². The molecule has 0 aliphatic heterocycles. The molecule has 0 amide bonds. The summed E-state index contributed by atoms with van der Waals surface area (Å²) >= 11 is 0. The van der Waals surface area contributed by atoms with Crippen LogP contribution in [0.2, 0.25) is 0 Å². The Labute approximate surface area is 94.5 Å². The molecule has 0 atom stereocenters. The molecule has 2 nitrogen and oxygen atoms in total. The van der Waals surface area contributed by atoms with Gasteiger partial charge in [-0.3, -0.25) is 0 Å². The van der Waals surface area contributed by atoms with Gasteiger partial charge in [0.05, 0.1) is 0 Å². The topological polar surface area (TPSA) is 30.9 Å². The van der Waals surface area contributed by atoms with Crippen LogP contribution < -0.4 is 5.73 Å². The van der Waals surface area contributed by atoms with Crippen molar-refractivity contribution in [2.75, 3.05) is 5.73 Å². The van der Waals surface area contributed by atoms with E-state index in [1.807, 2.05) is 36.7 Å². The average molecular weight is 218 g/mol. The van der Waals surface area contributed by atoms with Crippen molar-refractivity contribution in [2.45, 2.75) is 19.9 Å². The molecule has 1 aromatic carbocycles. The van der Waals surface area contributed by atoms with E-state index in [-0.39, 0.29) is 11.9 Å². The fraction of sp³-hybridized carbons (Fsp3) is 0.231. The van der Waals surface area contributed by atoms with E-state index in [2.05, 4.69) is 0 Å². The van der Waals surface area contributed by atoms with Crippen LogP contribution in [-0.2, 0) is 0 Å². The van der Waals surface area contributed by atoms with E-state index in [9.17, 15) is 4.39 Å². The van der Waals surface area contributed by atoms with E-state index in [4.69, 9.17) is 5.73 Å². The van der Waals surface area contributed by atoms with Gasteiger partial charge in [-0.15, -0.1) is 0 Å². The van der Waals surface area contributed by atoms with E-state index in [1.165, 1.54) is 6.07 Å². The van der Waals surface area contributed by atoms with E-state index < -0.39 is 0 Å². The molecular formula is C13H15FN2. The predicted molar refractivity (Wildman–Crippen MR) is 64.6 cm³/mol. The fourth-order valence-electron chi connectivity index (χ4n) is 1.82. The normalized spacial score (nSPS) is 11.0. The molecule has 1 heterocycles. The lowest BCUT2D eigenvalue weighted by atomic mass is 10.1. The number of halogens is 1. The Morgan fingerprint density at radius 1 is 1.12 bits per heavy atom. The lowest BCUT2D eigenvalue weighted by molar-refractivity contribution is 0.611. The molecule has 84 valence electrons. The minimum atomic E-state index is -0.240. The molecule has 0 unspecified atom stereocenters. The number of hydrogen-bond donors (Lipinski definition) is 1. The van der Waals surface area contributed by atoms with Gasteiger partial charge in [-0.2, -0.15) is 0 Å². The molecule has 0 aliphatic rings. The molecule has 1 aromatic heterocycles. The third-order valence-electron chi connectivity index (χ3n) is 2.68. The van der Waals surface area contributed by atoms with Gasteiger partial charge in [0, 0.05) is 23.4 Å². The Morgan fingerprint density at radius 3 is 2.38 bits per heavy atom. The number of nitrogen functional groups attached to an aromatic ring is 1. The second-order valence-electron chi connectivity index (χ2n) is 4.10. The van der Waals surface area contributed by atoms with Gasteiger partial charge in [-0.05, 0) is 26.0 Å². The number of benzene rings is 1. The van der Waals surface area contributed by atoms with Crippen LogP contribution in [0.4, 0.5) is 10.2 Å². The summed E-state index contributed by atoms with van der Waals surface area (Å²) in [5.74, 6) is 0.371. The maximum Gasteiger partial charge on any atom is 0.131 e. The second kappa shape index (κ2) is 4.00. The zero-order chi connectivity index (χ0) is 11.7. The minimum absolute atomic E-state index is 0.240. The highest BCUT2D eigenvalue weighted by molar-refractivity contribution is 5.75. The summed E-state index contributed by atoms with van der Waals surface area (Å²) in [5, 5.41) is 0. The van der Waals surface area contributed by atoms with E-state index >= 15 is 0 Å². The molecular weight excluding hydrogens is 203 g/mol. The van der Waals surface area contributed by atoms with Crippen LogP contribution in [0.1, 0.15) is 19.9 Å². The van der Waals surface area contributed by atoms with Crippen molar-refractivity contribution in [3.05, 3.63) is 42.3 Å². The van der Waals surface area contributed by atoms with Crippen LogP contribution in [0.25, 0.3) is 11.1 Å². The quantitative estimate of drug-likeness (QED) is 0.822. The highest BCUT2D eigenvalue weighted by Crippen LogP contribution is 2.30. The summed E-state index contributed by atoms with van der Waals surface area (Å²) in [6.07, 6.45) is 1.89. The summed E-state index contributed by atoms with van der Waals surface area (Å²) in [6.45, 7) is 4.09. The van der Waals surface area contributed by atoms with E-state index in [0.29, 0.717) is 11.4 Å². The van der Waals surface area contributed by atoms with Gasteiger partial charge in [0.25, 0.3) is 0 Å². The summed E-state index contributed by atoms with van der Waals surface area (Å²) in [6, 6.07) is 8.81. The van der Waals surface area contributed by atoms with Crippen LogP contribution >= 0.6 is 0 Å². The van der Waals surface area contributed by atoms with Crippen LogP contribution in [0.3, 0.4) is 0 Å². The first-order valence-electron chi connectivity index (χ1n) is 5.32. The van der Waals surface area contributed by atoms with Crippen molar-refractivity contribution in [2.24, 2.45) is 0 Å². The Balaban J connectivity index is 2.54. The van der Waals surface area contributed by atoms with E-state index in [0.717, 1.165) is 5.56 Å². The van der Waals surface area contributed by atoms with Crippen molar-refractivity contribution in [3.63, 3.8) is 0 Å². The minimum Gasteiger partial charge on any atom is -0.385 e. The van der Waals surface area contributed by atoms with E-state index in [1.54, 1.807) is 12.1 Å². The van der Waals surface area contributed by atoms with Crippen molar-refractivity contribution in [1.29, 1.82) is 0 Å². The largest absolute Gasteiger partial charge is 0.385 e. The number of nitrogens with two attached hydrogens (primary N) is 1. The molecule has 16 heavy (non-hydrogen) atoms. The summed E-state index contributed by atoms with van der Waals surface area (Å²) in [5.41, 5.74) is 7.31. The lowest BCUT2D eigenvalue weighted by Crippen LogP contribution is -2.04. The standard InChI is InChI=1S/C13H15FN2/c1-9(2)16-8-7-11(13(16)15)10-5-3-4-6-12(10)14/h3-9H,15H2,1-2H3. The predicted octanol–water partition coefficient (Wildman–Crippen LogP) is 3.46. The van der Waals surface area contributed by atoms with Crippen LogP contribution in [0, 0.1) is 5.82 Å². The van der Waals surface area contributed by atoms with Crippen molar-refractivity contribution < 1.29 is 4.39 Å². The number of anilines is 1. The average Bonchev–Trinajstić information content (AvgIpc) is 2.61. The monoisotopic (exact) mass is 218 g/mol. The number of rotatable bonds is 2. The van der Waals surface area contributed by atoms with Gasteiger partial charge in [-0.1, -0.05) is 18.2 Å². The Kier molecular flexibility index (Phi) is 2.69. The summed E-state index contributed by atoms with van der Waals surface area (Å²) < 4.78 is 15.5. The van der Waals surface area contributed by atoms with Gasteiger partial charge in [-0.25, -0.2) is 4.39 Å². The third-order valence-corrected chi connectivity index (χ3v) is 2.68. The summed E-state index contributed by atoms with van der Waals surface area (Å²) in [4.78, 5) is 0. The molecule has 0 radical (unpaired) electrons. The van der Waals surface area contributed by atoms with Gasteiger partial charge in [0.1, 0.15) is 11.6 Å². The van der Waals surface area contributed by atoms with Gasteiger partial charge >= 0.3 is 0 Å². The molecule has 0 spiro atoms. The molecule has 0 saturated carbocycles. The highest BCUT2D eigenvalue weighted by atomic mass is 19.1. The van der Waals surface area contributed by atoms with Gasteiger partial charge in [0.2, 0.25) is 0 Å². The first-order valence-corrected chi connectivity index (χ1v) is 5.32. The Morgan fingerprint density at radius 2 is 1.81 bits per heavy atom. The SMILES string of the molecule is CC(C)n1ccc(-c2ccccc2F)c1N. The molecule has 0 bridgehead atoms. The Bertz CT molecular complexity index is 500. The summed E-state index contributed by atoms with van der Waals surface area (Å²) in [7, 11) is 0. The maximum atomic E-state index is 13.6. The van der Waals surface area contributed by atoms with Crippen LogP contribution in [0.15, 0.2) is 36.5 Å². The smallest absolute Gasteiger partial charge is 0.131 e. The highest BCUT2D eigenvalue weighted by Gasteiger charge is 2.12. The number of nitrogens with zero attached hydrogens (tertiary/aromatic N) is 1. The zero-order valence-corrected chi connectivity index (χ0v) is 9.44. The molecule has 2 aromatic rings. The number of hydrogen-bond acceptors (Lipinski definition) is 1. The van der Waals surface area contributed by atoms with Crippen molar-refractivity contribution in [1.82, 2.24) is 4.57 Å². The fourth-order valence-corrected chi connectivity index (χ4v) is 1.82. The van der Waals surface area contributed by atoms with Crippen molar-refractivity contribution >= 4 is 5.82 Å². The lowest BCUT2D eigenvalue weighted by Gasteiger charge is -2.11. The molecule has 0 aliphatic carbocycles. The van der Waals surface area contributed by atoms with Crippen molar-refractivity contribution in [3.8, 4) is 11.1 Å². The molecule has 2 rings (SSSR count). The second-order valence-corrected chi connectivity index (χ2v) is 4.10. The van der Waals surface area contributed by atoms with Crippen LogP contribution in [0.5, 0.6) is 0 Å². The zero-order valence-electron chi connectivity index (χ0n) is 9.44. The third kappa shape index (κ3) is 1.69. The molecule has 0 fully saturated rings. The first-order chi connectivity index (χ1) is 7.61. The number of aromatic nitrogens is 1. The van der Waals surface area contributed by atoms with Gasteiger partial charge in [0.15, 0.2) is 0 Å². The maximum absolute atomic E-state index is 13.6. The molecule has 2 N–H and O–H groups in total.